The third kappa shape index (κ3) is 4.20. The first-order valence-electron chi connectivity index (χ1n) is 7.30. The van der Waals surface area contributed by atoms with Crippen molar-refractivity contribution in [3.63, 3.8) is 0 Å². The van der Waals surface area contributed by atoms with Crippen molar-refractivity contribution < 1.29 is 19.1 Å². The molecule has 1 aromatic carbocycles. The Balaban J connectivity index is 2.17. The second kappa shape index (κ2) is 8.14. The van der Waals surface area contributed by atoms with Crippen LogP contribution >= 0.6 is 0 Å². The van der Waals surface area contributed by atoms with E-state index in [0.717, 1.165) is 10.6 Å². The first kappa shape index (κ1) is 16.8. The molecule has 1 aromatic rings. The Kier molecular flexibility index (Phi) is 5.94. The number of para-hydroxylation sites is 1. The van der Waals surface area contributed by atoms with Gasteiger partial charge in [0.2, 0.25) is 0 Å². The third-order valence-corrected chi connectivity index (χ3v) is 3.36. The molecule has 6 heteroatoms. The summed E-state index contributed by atoms with van der Waals surface area (Å²) >= 11 is 0. The Labute approximate surface area is 135 Å². The second-order valence-electron chi connectivity index (χ2n) is 4.95. The molecule has 0 aliphatic carbocycles. The molecule has 0 unspecified atom stereocenters. The lowest BCUT2D eigenvalue weighted by atomic mass is 10.1. The maximum atomic E-state index is 12.5. The van der Waals surface area contributed by atoms with Gasteiger partial charge in [-0.15, -0.1) is 0 Å². The highest BCUT2D eigenvalue weighted by atomic mass is 16.6. The van der Waals surface area contributed by atoms with Gasteiger partial charge in [0.25, 0.3) is 5.91 Å². The average molecular weight is 316 g/mol. The quantitative estimate of drug-likeness (QED) is 0.645. The van der Waals surface area contributed by atoms with Gasteiger partial charge in [-0.05, 0) is 18.6 Å². The minimum absolute atomic E-state index is 0.0782. The van der Waals surface area contributed by atoms with Gasteiger partial charge in [0, 0.05) is 24.9 Å². The summed E-state index contributed by atoms with van der Waals surface area (Å²) in [5.41, 5.74) is 2.04. The Morgan fingerprint density at radius 1 is 1.39 bits per heavy atom. The molecule has 0 saturated carbocycles. The molecule has 1 aliphatic heterocycles. The summed E-state index contributed by atoms with van der Waals surface area (Å²) in [6, 6.07) is 9.49. The number of benzene rings is 1. The predicted molar refractivity (Wildman–Crippen MR) is 86.8 cm³/mol. The zero-order valence-corrected chi connectivity index (χ0v) is 13.1. The zero-order valence-electron chi connectivity index (χ0n) is 13.1. The normalized spacial score (nSPS) is 16.2. The van der Waals surface area contributed by atoms with E-state index >= 15 is 0 Å². The lowest BCUT2D eigenvalue weighted by molar-refractivity contribution is -0.123. The number of methoxy groups -OCH3 is 1. The standard InChI is InChI=1S/C17H20N2O4/c1-3-11-23-17(21)19-10-9-14(16(19)20)15(12-22-2)18-13-7-5-4-6-8-13/h3-8,18H,1,9-12H2,2H3. The number of imide groups is 1. The summed E-state index contributed by atoms with van der Waals surface area (Å²) in [4.78, 5) is 25.4. The van der Waals surface area contributed by atoms with E-state index in [-0.39, 0.29) is 19.1 Å². The van der Waals surface area contributed by atoms with Crippen LogP contribution in [0.5, 0.6) is 0 Å². The van der Waals surface area contributed by atoms with Gasteiger partial charge in [0.15, 0.2) is 0 Å². The van der Waals surface area contributed by atoms with E-state index in [1.54, 1.807) is 7.11 Å². The maximum absolute atomic E-state index is 12.5. The Bertz CT molecular complexity index is 610. The van der Waals surface area contributed by atoms with Crippen LogP contribution in [0.25, 0.3) is 0 Å². The topological polar surface area (TPSA) is 67.9 Å². The fourth-order valence-electron chi connectivity index (χ4n) is 2.30. The number of hydrogen-bond donors (Lipinski definition) is 1. The van der Waals surface area contributed by atoms with Crippen molar-refractivity contribution in [2.45, 2.75) is 6.42 Å². The number of rotatable bonds is 6. The van der Waals surface area contributed by atoms with E-state index in [1.807, 2.05) is 30.3 Å². The fourth-order valence-corrected chi connectivity index (χ4v) is 2.30. The average Bonchev–Trinajstić information content (AvgIpc) is 2.95. The summed E-state index contributed by atoms with van der Waals surface area (Å²) in [5, 5.41) is 3.19. The first-order valence-corrected chi connectivity index (χ1v) is 7.30. The predicted octanol–water partition coefficient (Wildman–Crippen LogP) is 2.55. The van der Waals surface area contributed by atoms with Gasteiger partial charge in [-0.3, -0.25) is 4.79 Å². The van der Waals surface area contributed by atoms with Crippen molar-refractivity contribution in [1.29, 1.82) is 0 Å². The molecule has 2 rings (SSSR count). The lowest BCUT2D eigenvalue weighted by Gasteiger charge is -2.15. The molecule has 1 fully saturated rings. The molecule has 0 atom stereocenters. The summed E-state index contributed by atoms with van der Waals surface area (Å²) in [7, 11) is 1.56. The minimum Gasteiger partial charge on any atom is -0.445 e. The smallest absolute Gasteiger partial charge is 0.417 e. The molecular formula is C17H20N2O4. The van der Waals surface area contributed by atoms with Gasteiger partial charge in [-0.2, -0.15) is 0 Å². The van der Waals surface area contributed by atoms with Gasteiger partial charge in [-0.1, -0.05) is 30.9 Å². The van der Waals surface area contributed by atoms with Gasteiger partial charge >= 0.3 is 6.09 Å². The number of carbonyl (C=O) groups excluding carboxylic acids is 2. The van der Waals surface area contributed by atoms with E-state index in [2.05, 4.69) is 11.9 Å². The molecule has 1 aliphatic rings. The molecule has 0 spiro atoms. The molecule has 0 bridgehead atoms. The molecule has 1 heterocycles. The Morgan fingerprint density at radius 3 is 2.78 bits per heavy atom. The van der Waals surface area contributed by atoms with E-state index in [4.69, 9.17) is 9.47 Å². The molecule has 0 radical (unpaired) electrons. The van der Waals surface area contributed by atoms with Crippen molar-refractivity contribution in [2.75, 3.05) is 32.2 Å². The lowest BCUT2D eigenvalue weighted by Crippen LogP contribution is -2.33. The molecule has 1 N–H and O–H groups in total. The fraction of sp³-hybridized carbons (Fsp3) is 0.294. The number of hydrogen-bond acceptors (Lipinski definition) is 5. The van der Waals surface area contributed by atoms with Crippen LogP contribution in [0.1, 0.15) is 6.42 Å². The van der Waals surface area contributed by atoms with E-state index in [0.29, 0.717) is 24.2 Å². The van der Waals surface area contributed by atoms with Crippen LogP contribution in [0, 0.1) is 0 Å². The maximum Gasteiger partial charge on any atom is 0.417 e. The molecule has 1 saturated heterocycles. The molecule has 2 amide bonds. The summed E-state index contributed by atoms with van der Waals surface area (Å²) < 4.78 is 10.1. The SMILES string of the molecule is C=CCOC(=O)N1CCC(=C(COC)Nc2ccccc2)C1=O. The van der Waals surface area contributed by atoms with Crippen molar-refractivity contribution in [3.8, 4) is 0 Å². The van der Waals surface area contributed by atoms with Crippen LogP contribution in [-0.2, 0) is 14.3 Å². The zero-order chi connectivity index (χ0) is 16.7. The van der Waals surface area contributed by atoms with Crippen molar-refractivity contribution >= 4 is 17.7 Å². The molecule has 6 nitrogen and oxygen atoms in total. The second-order valence-corrected chi connectivity index (χ2v) is 4.95. The number of amides is 2. The highest BCUT2D eigenvalue weighted by Gasteiger charge is 2.34. The van der Waals surface area contributed by atoms with Crippen LogP contribution in [-0.4, -0.2) is 43.8 Å². The summed E-state index contributed by atoms with van der Waals surface area (Å²) in [5.74, 6) is -0.352. The van der Waals surface area contributed by atoms with E-state index in [9.17, 15) is 9.59 Å². The molecule has 0 aromatic heterocycles. The van der Waals surface area contributed by atoms with Crippen molar-refractivity contribution in [2.24, 2.45) is 0 Å². The molecular weight excluding hydrogens is 296 g/mol. The van der Waals surface area contributed by atoms with Gasteiger partial charge in [0.05, 0.1) is 12.3 Å². The molecule has 23 heavy (non-hydrogen) atoms. The molecule has 122 valence electrons. The van der Waals surface area contributed by atoms with E-state index < -0.39 is 6.09 Å². The number of nitrogens with zero attached hydrogens (tertiary/aromatic N) is 1. The highest BCUT2D eigenvalue weighted by Crippen LogP contribution is 2.23. The van der Waals surface area contributed by atoms with Crippen LogP contribution < -0.4 is 5.32 Å². The van der Waals surface area contributed by atoms with E-state index in [1.165, 1.54) is 6.08 Å². The first-order chi connectivity index (χ1) is 11.2. The van der Waals surface area contributed by atoms with Gasteiger partial charge in [0.1, 0.15) is 6.61 Å². The number of carbonyl (C=O) groups is 2. The Hall–Kier alpha value is -2.60. The summed E-state index contributed by atoms with van der Waals surface area (Å²) in [6.07, 6.45) is 1.27. The van der Waals surface area contributed by atoms with Crippen LogP contribution in [0.4, 0.5) is 10.5 Å². The van der Waals surface area contributed by atoms with Gasteiger partial charge < -0.3 is 14.8 Å². The number of likely N-dealkylation sites (tertiary alicyclic amines) is 1. The number of ether oxygens (including phenoxy) is 2. The number of nitrogens with one attached hydrogen (secondary N) is 1. The van der Waals surface area contributed by atoms with Crippen molar-refractivity contribution in [1.82, 2.24) is 4.90 Å². The monoisotopic (exact) mass is 316 g/mol. The number of anilines is 1. The third-order valence-electron chi connectivity index (χ3n) is 3.36. The van der Waals surface area contributed by atoms with Crippen LogP contribution in [0.15, 0.2) is 54.3 Å². The largest absolute Gasteiger partial charge is 0.445 e. The summed E-state index contributed by atoms with van der Waals surface area (Å²) in [6.45, 7) is 4.11. The van der Waals surface area contributed by atoms with Crippen LogP contribution in [0.2, 0.25) is 0 Å². The highest BCUT2D eigenvalue weighted by molar-refractivity contribution is 6.05. The minimum atomic E-state index is -0.652. The van der Waals surface area contributed by atoms with Crippen LogP contribution in [0.3, 0.4) is 0 Å². The Morgan fingerprint density at radius 2 is 2.13 bits per heavy atom. The van der Waals surface area contributed by atoms with Crippen molar-refractivity contribution in [3.05, 3.63) is 54.3 Å². The van der Waals surface area contributed by atoms with Gasteiger partial charge in [-0.25, -0.2) is 9.69 Å².